The van der Waals surface area contributed by atoms with Crippen molar-refractivity contribution in [2.24, 2.45) is 11.8 Å². The number of thiophene rings is 4. The Morgan fingerprint density at radius 1 is 0.467 bits per heavy atom. The first kappa shape index (κ1) is 49.1. The monoisotopic (exact) mass is 1150 g/mol. The molecular weight excluding hydrogens is 1100 g/mol. The third-order valence-electron chi connectivity index (χ3n) is 10.0. The highest BCUT2D eigenvalue weighted by molar-refractivity contribution is 9.11. The van der Waals surface area contributed by atoms with Gasteiger partial charge in [-0.1, -0.05) is 66.2 Å². The lowest BCUT2D eigenvalue weighted by molar-refractivity contribution is 0.0425. The van der Waals surface area contributed by atoms with E-state index in [0.717, 1.165) is 110 Å². The van der Waals surface area contributed by atoms with Crippen LogP contribution in [0.4, 0.5) is 0 Å². The van der Waals surface area contributed by atoms with Crippen molar-refractivity contribution in [3.8, 4) is 0 Å². The van der Waals surface area contributed by atoms with Gasteiger partial charge >= 0.3 is 23.9 Å². The summed E-state index contributed by atoms with van der Waals surface area (Å²) in [6.45, 7) is 13.8. The molecule has 4 heterocycles. The van der Waals surface area contributed by atoms with Crippen molar-refractivity contribution in [1.82, 2.24) is 0 Å². The zero-order valence-electron chi connectivity index (χ0n) is 34.4. The van der Waals surface area contributed by atoms with Gasteiger partial charge in [-0.05, 0) is 127 Å². The quantitative estimate of drug-likeness (QED) is 0.0619. The zero-order chi connectivity index (χ0) is 43.7. The summed E-state index contributed by atoms with van der Waals surface area (Å²) in [5, 5.41) is 3.72. The first-order valence-corrected chi connectivity index (χ1v) is 26.6. The fourth-order valence-corrected chi connectivity index (χ4v) is 14.1. The number of esters is 4. The van der Waals surface area contributed by atoms with Crippen LogP contribution in [0.2, 0.25) is 0 Å². The van der Waals surface area contributed by atoms with Crippen LogP contribution in [0.3, 0.4) is 0 Å². The van der Waals surface area contributed by atoms with Crippen LogP contribution in [-0.4, -0.2) is 50.3 Å². The van der Waals surface area contributed by atoms with Crippen LogP contribution in [0.5, 0.6) is 0 Å². The summed E-state index contributed by atoms with van der Waals surface area (Å²) in [5.74, 6) is -0.382. The fraction of sp³-hybridized carbons (Fsp3) is 0.455. The maximum absolute atomic E-state index is 12.8. The highest BCUT2D eigenvalue weighted by Crippen LogP contribution is 2.48. The molecule has 2 atom stereocenters. The SMILES string of the molecule is CCCCC(CC)COC(=O)c1cc2c(Br)c3sc(C(=O)OCC(CC)CCCC)cc3c(Br)c2s1.CCOC(=O)c1cc2c(Br)c3sc(C(=O)OCC)cc3c(Br)c2s1. The molecule has 0 spiro atoms. The Hall–Kier alpha value is -1.92. The number of halogens is 4. The fourth-order valence-electron chi connectivity index (χ4n) is 6.49. The Morgan fingerprint density at radius 3 is 0.967 bits per heavy atom. The molecule has 0 aliphatic heterocycles. The summed E-state index contributed by atoms with van der Waals surface area (Å²) in [7, 11) is 0. The van der Waals surface area contributed by atoms with E-state index in [4.69, 9.17) is 18.9 Å². The molecule has 16 heteroatoms. The molecule has 0 aliphatic rings. The first-order valence-electron chi connectivity index (χ1n) is 20.2. The molecule has 0 N–H and O–H groups in total. The first-order chi connectivity index (χ1) is 28.8. The van der Waals surface area contributed by atoms with Gasteiger partial charge in [0.25, 0.3) is 0 Å². The Morgan fingerprint density at radius 2 is 0.733 bits per heavy atom. The van der Waals surface area contributed by atoms with E-state index in [0.29, 0.717) is 57.8 Å². The number of hydrogen-bond donors (Lipinski definition) is 0. The molecule has 0 aliphatic carbocycles. The highest BCUT2D eigenvalue weighted by Gasteiger charge is 2.24. The van der Waals surface area contributed by atoms with Gasteiger partial charge in [0.2, 0.25) is 0 Å². The molecule has 0 amide bonds. The normalized spacial score (nSPS) is 12.4. The van der Waals surface area contributed by atoms with Crippen LogP contribution >= 0.6 is 109 Å². The van der Waals surface area contributed by atoms with E-state index in [1.54, 1.807) is 13.8 Å². The molecule has 2 unspecified atom stereocenters. The summed E-state index contributed by atoms with van der Waals surface area (Å²) < 4.78 is 28.8. The Labute approximate surface area is 400 Å². The Bertz CT molecular complexity index is 2210. The van der Waals surface area contributed by atoms with Crippen LogP contribution in [-0.2, 0) is 18.9 Å². The molecule has 60 heavy (non-hydrogen) atoms. The van der Waals surface area contributed by atoms with E-state index >= 15 is 0 Å². The topological polar surface area (TPSA) is 105 Å². The van der Waals surface area contributed by atoms with Crippen molar-refractivity contribution in [3.63, 3.8) is 0 Å². The van der Waals surface area contributed by atoms with Crippen molar-refractivity contribution in [3.05, 3.63) is 61.7 Å². The number of ether oxygens (including phenoxy) is 4. The third kappa shape index (κ3) is 11.4. The van der Waals surface area contributed by atoms with Crippen molar-refractivity contribution >= 4 is 173 Å². The average molecular weight is 1150 g/mol. The molecule has 0 saturated carbocycles. The van der Waals surface area contributed by atoms with Crippen molar-refractivity contribution < 1.29 is 38.1 Å². The van der Waals surface area contributed by atoms with Gasteiger partial charge in [0.05, 0.1) is 45.2 Å². The smallest absolute Gasteiger partial charge is 0.348 e. The molecule has 0 bridgehead atoms. The van der Waals surface area contributed by atoms with Crippen LogP contribution in [0.1, 0.15) is 132 Å². The van der Waals surface area contributed by atoms with E-state index in [9.17, 15) is 19.2 Å². The number of carbonyl (C=O) groups is 4. The van der Waals surface area contributed by atoms with E-state index in [1.807, 2.05) is 24.3 Å². The molecule has 324 valence electrons. The number of rotatable bonds is 18. The predicted octanol–water partition coefficient (Wildman–Crippen LogP) is 16.4. The number of unbranched alkanes of at least 4 members (excludes halogenated alkanes) is 2. The summed E-state index contributed by atoms with van der Waals surface area (Å²) in [5.41, 5.74) is 0. The van der Waals surface area contributed by atoms with Gasteiger partial charge in [0, 0.05) is 39.4 Å². The zero-order valence-corrected chi connectivity index (χ0v) is 44.0. The number of hydrogen-bond acceptors (Lipinski definition) is 12. The van der Waals surface area contributed by atoms with Gasteiger partial charge in [-0.3, -0.25) is 0 Å². The second kappa shape index (κ2) is 23.1. The van der Waals surface area contributed by atoms with Crippen molar-refractivity contribution in [2.75, 3.05) is 26.4 Å². The van der Waals surface area contributed by atoms with Gasteiger partial charge in [0.1, 0.15) is 19.5 Å². The maximum Gasteiger partial charge on any atom is 0.348 e. The van der Waals surface area contributed by atoms with Crippen molar-refractivity contribution in [2.45, 2.75) is 92.9 Å². The summed E-state index contributed by atoms with van der Waals surface area (Å²) in [6.07, 6.45) is 8.80. The van der Waals surface area contributed by atoms with Crippen LogP contribution < -0.4 is 0 Å². The van der Waals surface area contributed by atoms with E-state index in [-0.39, 0.29) is 23.9 Å². The number of benzene rings is 2. The van der Waals surface area contributed by atoms with Gasteiger partial charge in [-0.25, -0.2) is 19.2 Å². The molecule has 6 aromatic rings. The Kier molecular flexibility index (Phi) is 18.9. The lowest BCUT2D eigenvalue weighted by Gasteiger charge is -2.14. The molecule has 2 aromatic carbocycles. The molecule has 8 nitrogen and oxygen atoms in total. The second-order valence-corrected chi connectivity index (χ2v) is 21.5. The molecule has 0 saturated heterocycles. The van der Waals surface area contributed by atoms with E-state index in [1.165, 1.54) is 45.3 Å². The number of fused-ring (bicyclic) bond motifs is 4. The van der Waals surface area contributed by atoms with E-state index in [2.05, 4.69) is 91.4 Å². The minimum Gasteiger partial charge on any atom is -0.462 e. The predicted molar refractivity (Wildman–Crippen MR) is 264 cm³/mol. The van der Waals surface area contributed by atoms with Gasteiger partial charge in [-0.15, -0.1) is 45.3 Å². The largest absolute Gasteiger partial charge is 0.462 e. The van der Waals surface area contributed by atoms with E-state index < -0.39 is 0 Å². The second-order valence-electron chi connectivity index (χ2n) is 14.1. The molecule has 0 radical (unpaired) electrons. The highest BCUT2D eigenvalue weighted by atomic mass is 79.9. The lowest BCUT2D eigenvalue weighted by atomic mass is 10.0. The third-order valence-corrected chi connectivity index (χ3v) is 18.9. The summed E-state index contributed by atoms with van der Waals surface area (Å²) in [4.78, 5) is 51.9. The van der Waals surface area contributed by atoms with Crippen LogP contribution in [0.15, 0.2) is 42.2 Å². The number of carbonyl (C=O) groups excluding carboxylic acids is 4. The van der Waals surface area contributed by atoms with Gasteiger partial charge < -0.3 is 18.9 Å². The molecular formula is C44H48Br4O8S4. The molecule has 0 fully saturated rings. The van der Waals surface area contributed by atoms with Gasteiger partial charge in [-0.2, -0.15) is 0 Å². The van der Waals surface area contributed by atoms with Crippen LogP contribution in [0, 0.1) is 11.8 Å². The van der Waals surface area contributed by atoms with Crippen molar-refractivity contribution in [1.29, 1.82) is 0 Å². The Balaban J connectivity index is 0.000000246. The maximum atomic E-state index is 12.8. The molecule has 4 aromatic heterocycles. The average Bonchev–Trinajstić information content (AvgIpc) is 4.07. The minimum absolute atomic E-state index is 0.272. The summed E-state index contributed by atoms with van der Waals surface area (Å²) >= 11 is 20.3. The van der Waals surface area contributed by atoms with Crippen LogP contribution in [0.25, 0.3) is 40.3 Å². The van der Waals surface area contributed by atoms with Gasteiger partial charge in [0.15, 0.2) is 0 Å². The lowest BCUT2D eigenvalue weighted by Crippen LogP contribution is -2.13. The standard InChI is InChI=1S/C28H36Br2O4S2.C16H12Br2O4S2/c1-5-9-11-17(7-3)15-33-27(31)21-13-19-23(29)26-20(24(30)25(19)35-21)14-22(36-26)28(32)34-16-18(8-4)12-10-6-2;1-3-21-15(19)9-5-7-11(17)14-8(12(18)13(7)23-9)6-10(24-14)16(20)22-4-2/h13-14,17-18H,5-12,15-16H2,1-4H3;5-6H,3-4H2,1-2H3. The minimum atomic E-state index is -0.326. The molecule has 6 rings (SSSR count). The summed E-state index contributed by atoms with van der Waals surface area (Å²) in [6, 6.07) is 7.41.